The maximum Gasteiger partial charge on any atom is 0.338 e. The van der Waals surface area contributed by atoms with E-state index in [-0.39, 0.29) is 56.2 Å². The van der Waals surface area contributed by atoms with Gasteiger partial charge in [0.1, 0.15) is 19.2 Å². The normalized spacial score (nSPS) is 14.4. The number of hydrogen-bond donors (Lipinski definition) is 6. The Morgan fingerprint density at radius 3 is 2.11 bits per heavy atom. The average molecular weight is 933 g/mol. The summed E-state index contributed by atoms with van der Waals surface area (Å²) in [7, 11) is 0. The number of nitrogens with zero attached hydrogens (tertiary/aromatic N) is 13. The van der Waals surface area contributed by atoms with Crippen LogP contribution in [0.2, 0.25) is 0 Å². The minimum atomic E-state index is -0.922. The molecule has 5 rings (SSSR count). The number of ether oxygens (including phenoxy) is 3. The molecule has 0 aromatic carbocycles. The minimum absolute atomic E-state index is 0. The average Bonchev–Trinajstić information content (AvgIpc) is 3.97. The van der Waals surface area contributed by atoms with E-state index >= 15 is 0 Å². The Balaban J connectivity index is 0.00000925. The number of aliphatic carboxylic acids is 1. The smallest absolute Gasteiger partial charge is 0.338 e. The number of carbonyl (C=O) groups excluding carboxylic acids is 2. The van der Waals surface area contributed by atoms with Gasteiger partial charge < -0.3 is 62.4 Å². The number of carboxylic acids is 1. The van der Waals surface area contributed by atoms with Crippen molar-refractivity contribution in [3.05, 3.63) is 23.8 Å². The molecule has 0 unspecified atom stereocenters. The maximum absolute atomic E-state index is 14.0. The molecule has 0 radical (unpaired) electrons. The molecule has 2 amide bonds. The van der Waals surface area contributed by atoms with Crippen LogP contribution in [0.15, 0.2) is 12.4 Å². The fraction of sp³-hybridized carbons (Fsp3) is 0.667. The third kappa shape index (κ3) is 17.5. The molecule has 358 valence electrons. The Morgan fingerprint density at radius 1 is 0.831 bits per heavy atom. The lowest BCUT2D eigenvalue weighted by Crippen LogP contribution is -3.00. The van der Waals surface area contributed by atoms with Gasteiger partial charge in [-0.2, -0.15) is 15.0 Å². The number of carboxylic acid groups (broad SMARTS) is 1. The number of terminal acetylenes is 1. The van der Waals surface area contributed by atoms with E-state index in [0.717, 1.165) is 31.5 Å². The first kappa shape index (κ1) is 51.7. The van der Waals surface area contributed by atoms with Gasteiger partial charge in [0.05, 0.1) is 63.9 Å². The Hall–Kier alpha value is -5.94. The second-order valence-electron chi connectivity index (χ2n) is 15.2. The summed E-state index contributed by atoms with van der Waals surface area (Å²) < 4.78 is 19.6. The van der Waals surface area contributed by atoms with Gasteiger partial charge in [0.25, 0.3) is 0 Å². The molecule has 2 fully saturated rings. The number of unbranched alkanes of at least 4 members (excludes halogenated alkanes) is 1. The van der Waals surface area contributed by atoms with Crippen molar-refractivity contribution in [3.63, 3.8) is 0 Å². The van der Waals surface area contributed by atoms with Gasteiger partial charge in [-0.25, -0.2) is 9.36 Å². The van der Waals surface area contributed by atoms with Crippen molar-refractivity contribution in [3.8, 4) is 12.3 Å². The van der Waals surface area contributed by atoms with Crippen LogP contribution in [0.25, 0.3) is 0 Å². The van der Waals surface area contributed by atoms with Crippen LogP contribution in [-0.4, -0.2) is 195 Å². The SMILES string of the molecule is C#CCOCCOCCOCCNc1nc(N2CCN(C(=O)Cn3cc(CCC[NH+]=C(N)N)nn3)CC2)nc(N2CCN(C(=O)[C@H](CCCC[NH3+])n3cc(CCC(=O)O)nn3)CC2)n1.[Cl-]. The molecule has 10 N–H and O–H groups in total. The number of nitrogens with two attached hydrogens (primary N) is 2. The molecule has 0 aliphatic carbocycles. The second-order valence-corrected chi connectivity index (χ2v) is 15.2. The Bertz CT molecular complexity index is 1980. The van der Waals surface area contributed by atoms with Gasteiger partial charge in [0.15, 0.2) is 0 Å². The van der Waals surface area contributed by atoms with Crippen LogP contribution in [-0.2, 0) is 48.0 Å². The van der Waals surface area contributed by atoms with Gasteiger partial charge in [0.2, 0.25) is 29.7 Å². The highest BCUT2D eigenvalue weighted by molar-refractivity contribution is 5.80. The number of rotatable bonds is 28. The fourth-order valence-corrected chi connectivity index (χ4v) is 6.98. The van der Waals surface area contributed by atoms with E-state index in [2.05, 4.69) is 42.6 Å². The predicted octanol–water partition coefficient (Wildman–Crippen LogP) is -7.89. The molecule has 2 aliphatic rings. The highest BCUT2D eigenvalue weighted by Crippen LogP contribution is 2.23. The maximum atomic E-state index is 14.0. The van der Waals surface area contributed by atoms with Crippen LogP contribution >= 0.6 is 0 Å². The summed E-state index contributed by atoms with van der Waals surface area (Å²) in [6.07, 6.45) is 12.4. The van der Waals surface area contributed by atoms with E-state index in [0.29, 0.717) is 135 Å². The third-order valence-electron chi connectivity index (χ3n) is 10.4. The van der Waals surface area contributed by atoms with Crippen LogP contribution in [0.5, 0.6) is 0 Å². The number of carbonyl (C=O) groups is 3. The lowest BCUT2D eigenvalue weighted by Gasteiger charge is -2.37. The van der Waals surface area contributed by atoms with Crippen molar-refractivity contribution in [2.45, 2.75) is 57.5 Å². The summed E-state index contributed by atoms with van der Waals surface area (Å²) in [4.78, 5) is 63.5. The van der Waals surface area contributed by atoms with Gasteiger partial charge in [-0.15, -0.1) is 16.6 Å². The summed E-state index contributed by atoms with van der Waals surface area (Å²) in [6.45, 7) is 7.87. The molecular formula is C39H64ClN18O7+. The van der Waals surface area contributed by atoms with Crippen molar-refractivity contribution in [2.75, 3.05) is 127 Å². The van der Waals surface area contributed by atoms with E-state index in [4.69, 9.17) is 52.2 Å². The lowest BCUT2D eigenvalue weighted by atomic mass is 10.1. The zero-order chi connectivity index (χ0) is 45.5. The number of nitrogens with one attached hydrogen (secondary N) is 2. The van der Waals surface area contributed by atoms with Crippen molar-refractivity contribution in [1.82, 2.24) is 54.7 Å². The van der Waals surface area contributed by atoms with Crippen LogP contribution < -0.4 is 49.7 Å². The van der Waals surface area contributed by atoms with Gasteiger partial charge >= 0.3 is 11.9 Å². The van der Waals surface area contributed by atoms with Crippen LogP contribution in [0, 0.1) is 12.3 Å². The number of halogens is 1. The minimum Gasteiger partial charge on any atom is -1.00 e. The number of aryl methyl sites for hydroxylation is 2. The summed E-state index contributed by atoms with van der Waals surface area (Å²) in [5.74, 6) is 2.84. The second kappa shape index (κ2) is 28.1. The monoisotopic (exact) mass is 931 g/mol. The largest absolute Gasteiger partial charge is 1.00 e. The molecule has 2 saturated heterocycles. The topological polar surface area (TPSA) is 318 Å². The first-order chi connectivity index (χ1) is 31.1. The highest BCUT2D eigenvalue weighted by atomic mass is 35.5. The van der Waals surface area contributed by atoms with Crippen LogP contribution in [0.3, 0.4) is 0 Å². The molecular weight excluding hydrogens is 868 g/mol. The molecule has 2 aliphatic heterocycles. The van der Waals surface area contributed by atoms with Gasteiger partial charge in [-0.05, 0) is 32.1 Å². The van der Waals surface area contributed by atoms with Crippen molar-refractivity contribution in [2.24, 2.45) is 11.5 Å². The zero-order valence-electron chi connectivity index (χ0n) is 36.9. The Kier molecular flexibility index (Phi) is 22.3. The lowest BCUT2D eigenvalue weighted by molar-refractivity contribution is -0.459. The first-order valence-electron chi connectivity index (χ1n) is 21.8. The standard InChI is InChI=1S/C39H62N18O7.ClH/c1-2-21-62-23-25-64-26-24-63-22-12-44-37-45-38(54-17-13-52(14-18-54)33(58)29-56-27-30(48-50-56)6-5-11-43-36(41)42)47-39(46-37)55-19-15-53(16-20-55)35(61)32(7-3-4-10-40)57-28-31(49-51-57)8-9-34(59)60;/h1,27-28,32H,3-26,29,40H2,(H,59,60)(H4,41,42,43)(H,44,45,46,47);1H/p+1/t32-;/m0./s1. The molecule has 0 saturated carbocycles. The molecule has 26 heteroatoms. The van der Waals surface area contributed by atoms with E-state index in [1.807, 2.05) is 14.7 Å². The molecule has 0 bridgehead atoms. The third-order valence-corrected chi connectivity index (χ3v) is 10.4. The zero-order valence-corrected chi connectivity index (χ0v) is 37.7. The summed E-state index contributed by atoms with van der Waals surface area (Å²) in [5.41, 5.74) is 16.1. The van der Waals surface area contributed by atoms with E-state index in [1.165, 1.54) is 0 Å². The molecule has 25 nitrogen and oxygen atoms in total. The highest BCUT2D eigenvalue weighted by Gasteiger charge is 2.31. The summed E-state index contributed by atoms with van der Waals surface area (Å²) >= 11 is 0. The van der Waals surface area contributed by atoms with Crippen LogP contribution in [0.4, 0.5) is 17.8 Å². The Labute approximate surface area is 384 Å². The number of hydrogen-bond acceptors (Lipinski definition) is 16. The summed E-state index contributed by atoms with van der Waals surface area (Å²) in [6, 6.07) is -0.571. The molecule has 1 atom stereocenters. The number of aromatic nitrogens is 9. The predicted molar refractivity (Wildman–Crippen MR) is 231 cm³/mol. The van der Waals surface area contributed by atoms with E-state index < -0.39 is 12.0 Å². The molecule has 3 aromatic heterocycles. The number of guanidine groups is 1. The van der Waals surface area contributed by atoms with Crippen molar-refractivity contribution < 1.29 is 56.8 Å². The quantitative estimate of drug-likeness (QED) is 0.0170. The number of piperazine rings is 2. The first-order valence-corrected chi connectivity index (χ1v) is 21.8. The molecule has 65 heavy (non-hydrogen) atoms. The van der Waals surface area contributed by atoms with E-state index in [9.17, 15) is 14.4 Å². The van der Waals surface area contributed by atoms with Crippen LogP contribution in [0.1, 0.15) is 49.5 Å². The molecule has 0 spiro atoms. The fourth-order valence-electron chi connectivity index (χ4n) is 6.98. The van der Waals surface area contributed by atoms with Crippen molar-refractivity contribution >= 4 is 41.6 Å². The number of quaternary nitrogens is 1. The Morgan fingerprint density at radius 2 is 1.46 bits per heavy atom. The van der Waals surface area contributed by atoms with Gasteiger partial charge in [-0.1, -0.05) is 16.3 Å². The molecule has 5 heterocycles. The van der Waals surface area contributed by atoms with Gasteiger partial charge in [-0.3, -0.25) is 30.8 Å². The number of anilines is 3. The number of amides is 2. The van der Waals surface area contributed by atoms with Crippen molar-refractivity contribution in [1.29, 1.82) is 0 Å². The van der Waals surface area contributed by atoms with E-state index in [1.54, 1.807) is 26.7 Å². The van der Waals surface area contributed by atoms with Gasteiger partial charge in [0, 0.05) is 77.7 Å². The molecule has 3 aromatic rings. The summed E-state index contributed by atoms with van der Waals surface area (Å²) in [5, 5.41) is 29.1.